The molecule has 2 rings (SSSR count). The Hall–Kier alpha value is -1.26. The highest BCUT2D eigenvalue weighted by molar-refractivity contribution is 5.40. The number of nitrogens with zero attached hydrogens (tertiary/aromatic N) is 1. The van der Waals surface area contributed by atoms with E-state index in [1.807, 2.05) is 12.1 Å². The topological polar surface area (TPSA) is 33.7 Å². The van der Waals surface area contributed by atoms with Crippen molar-refractivity contribution in [3.63, 3.8) is 0 Å². The van der Waals surface area contributed by atoms with E-state index in [0.29, 0.717) is 6.04 Å². The van der Waals surface area contributed by atoms with E-state index >= 15 is 0 Å². The van der Waals surface area contributed by atoms with Gasteiger partial charge in [0.1, 0.15) is 11.5 Å². The molecule has 0 spiro atoms. The van der Waals surface area contributed by atoms with E-state index in [0.717, 1.165) is 37.7 Å². The third-order valence-corrected chi connectivity index (χ3v) is 3.51. The van der Waals surface area contributed by atoms with Gasteiger partial charge in [0.05, 0.1) is 14.2 Å². The molecule has 1 aliphatic rings. The van der Waals surface area contributed by atoms with Crippen LogP contribution in [0.3, 0.4) is 0 Å². The van der Waals surface area contributed by atoms with Crippen molar-refractivity contribution >= 4 is 0 Å². The van der Waals surface area contributed by atoms with Gasteiger partial charge in [-0.2, -0.15) is 0 Å². The molecule has 1 N–H and O–H groups in total. The van der Waals surface area contributed by atoms with Gasteiger partial charge in [-0.25, -0.2) is 0 Å². The number of hydrogen-bond acceptors (Lipinski definition) is 4. The van der Waals surface area contributed by atoms with Gasteiger partial charge in [-0.15, -0.1) is 0 Å². The van der Waals surface area contributed by atoms with Crippen LogP contribution in [-0.4, -0.2) is 44.8 Å². The monoisotopic (exact) mass is 250 g/mol. The smallest absolute Gasteiger partial charge is 0.127 e. The van der Waals surface area contributed by atoms with Crippen LogP contribution in [0.5, 0.6) is 11.5 Å². The Balaban J connectivity index is 2.12. The first kappa shape index (κ1) is 13.2. The van der Waals surface area contributed by atoms with Gasteiger partial charge in [-0.3, -0.25) is 4.90 Å². The summed E-state index contributed by atoms with van der Waals surface area (Å²) in [6.45, 7) is 6.37. The van der Waals surface area contributed by atoms with Crippen LogP contribution in [0.15, 0.2) is 18.2 Å². The number of ether oxygens (including phenoxy) is 2. The molecule has 1 aromatic rings. The third-order valence-electron chi connectivity index (χ3n) is 3.51. The molecule has 0 radical (unpaired) electrons. The Morgan fingerprint density at radius 2 is 2.17 bits per heavy atom. The van der Waals surface area contributed by atoms with E-state index in [-0.39, 0.29) is 0 Å². The maximum absolute atomic E-state index is 5.44. The molecule has 1 heterocycles. The number of piperazine rings is 1. The molecule has 1 aliphatic heterocycles. The number of rotatable bonds is 4. The van der Waals surface area contributed by atoms with E-state index in [9.17, 15) is 0 Å². The van der Waals surface area contributed by atoms with Crippen molar-refractivity contribution in [3.05, 3.63) is 23.8 Å². The molecule has 18 heavy (non-hydrogen) atoms. The van der Waals surface area contributed by atoms with Gasteiger partial charge in [0, 0.05) is 43.9 Å². The molecule has 4 heteroatoms. The normalized spacial score (nSPS) is 20.7. The highest BCUT2D eigenvalue weighted by Gasteiger charge is 2.19. The Kier molecular flexibility index (Phi) is 4.44. The SMILES string of the molecule is COc1ccc(CN2CCNC[C@H]2C)c(OC)c1. The zero-order valence-corrected chi connectivity index (χ0v) is 11.4. The number of hydrogen-bond donors (Lipinski definition) is 1. The van der Waals surface area contributed by atoms with Crippen LogP contribution >= 0.6 is 0 Å². The lowest BCUT2D eigenvalue weighted by Crippen LogP contribution is -2.49. The lowest BCUT2D eigenvalue weighted by atomic mass is 10.1. The highest BCUT2D eigenvalue weighted by Crippen LogP contribution is 2.26. The molecule has 0 saturated carbocycles. The first-order valence-corrected chi connectivity index (χ1v) is 6.40. The van der Waals surface area contributed by atoms with Gasteiger partial charge >= 0.3 is 0 Å². The minimum absolute atomic E-state index is 0.561. The Morgan fingerprint density at radius 1 is 1.33 bits per heavy atom. The third kappa shape index (κ3) is 2.94. The molecule has 1 atom stereocenters. The second-order valence-corrected chi connectivity index (χ2v) is 4.70. The van der Waals surface area contributed by atoms with E-state index in [1.54, 1.807) is 14.2 Å². The molecule has 1 fully saturated rings. The molecule has 0 amide bonds. The standard InChI is InChI=1S/C14H22N2O2/c1-11-9-15-6-7-16(11)10-12-4-5-13(17-2)8-14(12)18-3/h4-5,8,11,15H,6-7,9-10H2,1-3H3/t11-/m1/s1. The number of methoxy groups -OCH3 is 2. The predicted molar refractivity (Wildman–Crippen MR) is 72.3 cm³/mol. The minimum atomic E-state index is 0.561. The summed E-state index contributed by atoms with van der Waals surface area (Å²) >= 11 is 0. The van der Waals surface area contributed by atoms with Crippen molar-refractivity contribution < 1.29 is 9.47 Å². The van der Waals surface area contributed by atoms with Gasteiger partial charge < -0.3 is 14.8 Å². The van der Waals surface area contributed by atoms with Crippen molar-refractivity contribution in [1.29, 1.82) is 0 Å². The second kappa shape index (κ2) is 6.07. The van der Waals surface area contributed by atoms with Crippen molar-refractivity contribution in [2.24, 2.45) is 0 Å². The van der Waals surface area contributed by atoms with E-state index in [4.69, 9.17) is 9.47 Å². The summed E-state index contributed by atoms with van der Waals surface area (Å²) in [5.74, 6) is 1.74. The molecule has 1 saturated heterocycles. The molecular weight excluding hydrogens is 228 g/mol. The Labute approximate surface area is 109 Å². The highest BCUT2D eigenvalue weighted by atomic mass is 16.5. The molecule has 4 nitrogen and oxygen atoms in total. The van der Waals surface area contributed by atoms with Crippen LogP contribution in [0, 0.1) is 0 Å². The maximum atomic E-state index is 5.44. The Bertz CT molecular complexity index is 395. The van der Waals surface area contributed by atoms with E-state index in [1.165, 1.54) is 5.56 Å². The van der Waals surface area contributed by atoms with Crippen LogP contribution in [0.4, 0.5) is 0 Å². The summed E-state index contributed by atoms with van der Waals surface area (Å²) in [6, 6.07) is 6.59. The van der Waals surface area contributed by atoms with Crippen LogP contribution in [0.25, 0.3) is 0 Å². The molecule has 0 aromatic heterocycles. The summed E-state index contributed by atoms with van der Waals surface area (Å²) in [5, 5.41) is 3.40. The zero-order chi connectivity index (χ0) is 13.0. The summed E-state index contributed by atoms with van der Waals surface area (Å²) < 4.78 is 10.7. The Morgan fingerprint density at radius 3 is 2.83 bits per heavy atom. The van der Waals surface area contributed by atoms with Crippen molar-refractivity contribution in [2.75, 3.05) is 33.9 Å². The zero-order valence-electron chi connectivity index (χ0n) is 11.4. The van der Waals surface area contributed by atoms with Gasteiger partial charge in [0.15, 0.2) is 0 Å². The van der Waals surface area contributed by atoms with E-state index in [2.05, 4.69) is 23.2 Å². The fourth-order valence-corrected chi connectivity index (χ4v) is 2.32. The average molecular weight is 250 g/mol. The van der Waals surface area contributed by atoms with Gasteiger partial charge in [-0.1, -0.05) is 6.07 Å². The first-order chi connectivity index (χ1) is 8.74. The van der Waals surface area contributed by atoms with Crippen molar-refractivity contribution in [1.82, 2.24) is 10.2 Å². The van der Waals surface area contributed by atoms with Crippen molar-refractivity contribution in [2.45, 2.75) is 19.5 Å². The molecule has 100 valence electrons. The fourth-order valence-electron chi connectivity index (χ4n) is 2.32. The molecule has 0 aliphatic carbocycles. The number of nitrogens with one attached hydrogen (secondary N) is 1. The minimum Gasteiger partial charge on any atom is -0.497 e. The molecular formula is C14H22N2O2. The van der Waals surface area contributed by atoms with Crippen LogP contribution in [0.2, 0.25) is 0 Å². The molecule has 1 aromatic carbocycles. The summed E-state index contributed by atoms with van der Waals surface area (Å²) in [5.41, 5.74) is 1.21. The summed E-state index contributed by atoms with van der Waals surface area (Å²) in [4.78, 5) is 2.47. The van der Waals surface area contributed by atoms with Crippen molar-refractivity contribution in [3.8, 4) is 11.5 Å². The number of benzene rings is 1. The average Bonchev–Trinajstić information content (AvgIpc) is 2.41. The molecule has 0 bridgehead atoms. The van der Waals surface area contributed by atoms with Gasteiger partial charge in [0.25, 0.3) is 0 Å². The predicted octanol–water partition coefficient (Wildman–Crippen LogP) is 1.50. The lowest BCUT2D eigenvalue weighted by molar-refractivity contribution is 0.164. The summed E-state index contributed by atoms with van der Waals surface area (Å²) in [6.07, 6.45) is 0. The van der Waals surface area contributed by atoms with Crippen LogP contribution in [-0.2, 0) is 6.54 Å². The molecule has 0 unspecified atom stereocenters. The van der Waals surface area contributed by atoms with Crippen LogP contribution in [0.1, 0.15) is 12.5 Å². The maximum Gasteiger partial charge on any atom is 0.127 e. The fraction of sp³-hybridized carbons (Fsp3) is 0.571. The van der Waals surface area contributed by atoms with Gasteiger partial charge in [0.2, 0.25) is 0 Å². The quantitative estimate of drug-likeness (QED) is 0.878. The summed E-state index contributed by atoms with van der Waals surface area (Å²) in [7, 11) is 3.38. The second-order valence-electron chi connectivity index (χ2n) is 4.70. The first-order valence-electron chi connectivity index (χ1n) is 6.40. The van der Waals surface area contributed by atoms with Crippen LogP contribution < -0.4 is 14.8 Å². The largest absolute Gasteiger partial charge is 0.497 e. The van der Waals surface area contributed by atoms with Gasteiger partial charge in [-0.05, 0) is 13.0 Å². The lowest BCUT2D eigenvalue weighted by Gasteiger charge is -2.34. The van der Waals surface area contributed by atoms with E-state index < -0.39 is 0 Å².